The van der Waals surface area contributed by atoms with Gasteiger partial charge in [-0.3, -0.25) is 0 Å². The van der Waals surface area contributed by atoms with Gasteiger partial charge >= 0.3 is 0 Å². The standard InChI is InChI=1S/C14H11NOS.C11H15NS/c1-16-14-8-4-12(5-9-14)11-2-6-13(7-3-11)15-10-17;13-7-12-11-4-8-1-9(5-11)3-10(2-8)6-11/h2-9H,1H3;8-10H,1-6H2. The zero-order valence-electron chi connectivity index (χ0n) is 17.2. The van der Waals surface area contributed by atoms with E-state index in [9.17, 15) is 0 Å². The molecule has 0 radical (unpaired) electrons. The Hall–Kier alpha value is -2.16. The molecule has 0 aromatic heterocycles. The molecule has 0 N–H and O–H groups in total. The van der Waals surface area contributed by atoms with Crippen molar-refractivity contribution in [2.45, 2.75) is 44.1 Å². The maximum atomic E-state index is 5.12. The number of thiocarbonyl (C=S) groups is 2. The Labute approximate surface area is 189 Å². The monoisotopic (exact) mass is 434 g/mol. The number of nitrogens with zero attached hydrogens (tertiary/aromatic N) is 2. The normalized spacial score (nSPS) is 27.8. The molecule has 0 spiro atoms. The summed E-state index contributed by atoms with van der Waals surface area (Å²) in [6.07, 6.45) is 8.36. The fourth-order valence-electron chi connectivity index (χ4n) is 5.86. The van der Waals surface area contributed by atoms with Crippen LogP contribution in [0.25, 0.3) is 11.1 Å². The summed E-state index contributed by atoms with van der Waals surface area (Å²) in [5, 5.41) is 4.98. The van der Waals surface area contributed by atoms with Gasteiger partial charge in [-0.25, -0.2) is 4.99 Å². The van der Waals surface area contributed by atoms with E-state index < -0.39 is 0 Å². The van der Waals surface area contributed by atoms with Crippen molar-refractivity contribution in [2.75, 3.05) is 7.11 Å². The lowest BCUT2D eigenvalue weighted by atomic mass is 9.53. The van der Waals surface area contributed by atoms with Gasteiger partial charge in [0, 0.05) is 0 Å². The lowest BCUT2D eigenvalue weighted by Gasteiger charge is -2.54. The van der Waals surface area contributed by atoms with E-state index in [1.54, 1.807) is 7.11 Å². The van der Waals surface area contributed by atoms with Crippen molar-refractivity contribution in [3.63, 3.8) is 0 Å². The minimum atomic E-state index is 0.260. The van der Waals surface area contributed by atoms with E-state index in [-0.39, 0.29) is 5.54 Å². The van der Waals surface area contributed by atoms with Gasteiger partial charge in [-0.1, -0.05) is 24.3 Å². The Balaban J connectivity index is 0.000000150. The van der Waals surface area contributed by atoms with E-state index in [4.69, 9.17) is 17.0 Å². The highest BCUT2D eigenvalue weighted by Crippen LogP contribution is 2.57. The molecule has 0 heterocycles. The Morgan fingerprint density at radius 3 is 1.73 bits per heavy atom. The molecule has 3 nitrogen and oxygen atoms in total. The van der Waals surface area contributed by atoms with Crippen molar-refractivity contribution in [3.05, 3.63) is 48.5 Å². The maximum Gasteiger partial charge on any atom is 0.118 e. The maximum absolute atomic E-state index is 5.12. The van der Waals surface area contributed by atoms with E-state index in [1.807, 2.05) is 48.5 Å². The third kappa shape index (κ3) is 4.77. The fourth-order valence-corrected chi connectivity index (χ4v) is 6.16. The van der Waals surface area contributed by atoms with Crippen LogP contribution >= 0.6 is 24.4 Å². The molecule has 4 bridgehead atoms. The molecule has 0 saturated heterocycles. The zero-order valence-corrected chi connectivity index (χ0v) is 18.8. The first-order chi connectivity index (χ1) is 14.6. The topological polar surface area (TPSA) is 34.0 Å². The van der Waals surface area contributed by atoms with Gasteiger partial charge in [0.25, 0.3) is 0 Å². The van der Waals surface area contributed by atoms with E-state index in [0.717, 1.165) is 40.3 Å². The molecule has 0 atom stereocenters. The minimum absolute atomic E-state index is 0.260. The van der Waals surface area contributed by atoms with E-state index in [2.05, 4.69) is 32.5 Å². The Kier molecular flexibility index (Phi) is 6.55. The number of ether oxygens (including phenoxy) is 1. The van der Waals surface area contributed by atoms with Crippen LogP contribution in [0.5, 0.6) is 5.75 Å². The number of benzene rings is 2. The molecule has 4 aliphatic carbocycles. The van der Waals surface area contributed by atoms with Gasteiger partial charge in [-0.15, -0.1) is 0 Å². The predicted octanol–water partition coefficient (Wildman–Crippen LogP) is 7.15. The van der Waals surface area contributed by atoms with Crippen molar-refractivity contribution in [3.8, 4) is 16.9 Å². The lowest BCUT2D eigenvalue weighted by molar-refractivity contribution is 0.00209. The van der Waals surface area contributed by atoms with Crippen LogP contribution in [0.2, 0.25) is 0 Å². The summed E-state index contributed by atoms with van der Waals surface area (Å²) in [4.78, 5) is 8.39. The van der Waals surface area contributed by atoms with Crippen LogP contribution in [0.3, 0.4) is 0 Å². The number of isothiocyanates is 2. The van der Waals surface area contributed by atoms with E-state index in [0.29, 0.717) is 0 Å². The molecule has 4 aliphatic rings. The van der Waals surface area contributed by atoms with Gasteiger partial charge in [0.05, 0.1) is 28.7 Å². The molecular formula is C25H26N2OS2. The molecule has 0 amide bonds. The summed E-state index contributed by atoms with van der Waals surface area (Å²) in [7, 11) is 1.66. The van der Waals surface area contributed by atoms with Crippen LogP contribution in [0.1, 0.15) is 38.5 Å². The summed E-state index contributed by atoms with van der Waals surface area (Å²) >= 11 is 9.33. The third-order valence-electron chi connectivity index (χ3n) is 6.75. The van der Waals surface area contributed by atoms with Gasteiger partial charge in [-0.05, 0) is 116 Å². The average molecular weight is 435 g/mol. The predicted molar refractivity (Wildman–Crippen MR) is 129 cm³/mol. The Bertz CT molecular complexity index is 936. The quantitative estimate of drug-likeness (QED) is 0.378. The van der Waals surface area contributed by atoms with Gasteiger partial charge in [0.15, 0.2) is 0 Å². The van der Waals surface area contributed by atoms with Crippen LogP contribution in [0.15, 0.2) is 58.5 Å². The summed E-state index contributed by atoms with van der Waals surface area (Å²) in [6.45, 7) is 0. The van der Waals surface area contributed by atoms with Crippen molar-refractivity contribution in [2.24, 2.45) is 27.7 Å². The smallest absolute Gasteiger partial charge is 0.118 e. The first kappa shape index (κ1) is 21.1. The van der Waals surface area contributed by atoms with Crippen molar-refractivity contribution >= 4 is 40.4 Å². The van der Waals surface area contributed by atoms with Crippen molar-refractivity contribution < 1.29 is 4.74 Å². The summed E-state index contributed by atoms with van der Waals surface area (Å²) in [6, 6.07) is 15.8. The second-order valence-electron chi connectivity index (χ2n) is 8.82. The van der Waals surface area contributed by atoms with Gasteiger partial charge in [0.1, 0.15) is 5.75 Å². The first-order valence-corrected chi connectivity index (χ1v) is 11.4. The van der Waals surface area contributed by atoms with Crippen molar-refractivity contribution in [1.82, 2.24) is 0 Å². The molecule has 0 aliphatic heterocycles. The lowest BCUT2D eigenvalue weighted by Crippen LogP contribution is -2.49. The molecule has 6 rings (SSSR count). The highest BCUT2D eigenvalue weighted by atomic mass is 32.1. The van der Waals surface area contributed by atoms with Gasteiger partial charge < -0.3 is 4.74 Å². The van der Waals surface area contributed by atoms with Crippen LogP contribution in [-0.4, -0.2) is 23.0 Å². The second-order valence-corrected chi connectivity index (χ2v) is 9.19. The molecule has 154 valence electrons. The van der Waals surface area contributed by atoms with Crippen LogP contribution in [0, 0.1) is 17.8 Å². The highest BCUT2D eigenvalue weighted by molar-refractivity contribution is 7.78. The number of methoxy groups -OCH3 is 1. The van der Waals surface area contributed by atoms with Crippen LogP contribution < -0.4 is 4.74 Å². The van der Waals surface area contributed by atoms with Crippen LogP contribution in [0.4, 0.5) is 5.69 Å². The van der Waals surface area contributed by atoms with Gasteiger partial charge in [0.2, 0.25) is 0 Å². The fraction of sp³-hybridized carbons (Fsp3) is 0.440. The second kappa shape index (κ2) is 9.32. The molecular weight excluding hydrogens is 408 g/mol. The van der Waals surface area contributed by atoms with Crippen LogP contribution in [-0.2, 0) is 0 Å². The van der Waals surface area contributed by atoms with Crippen molar-refractivity contribution in [1.29, 1.82) is 0 Å². The molecule has 0 unspecified atom stereocenters. The highest BCUT2D eigenvalue weighted by Gasteiger charge is 2.50. The largest absolute Gasteiger partial charge is 0.497 e. The number of aliphatic imine (C=N–C) groups is 2. The molecule has 2 aromatic carbocycles. The number of hydrogen-bond acceptors (Lipinski definition) is 5. The molecule has 4 saturated carbocycles. The molecule has 2 aromatic rings. The Morgan fingerprint density at radius 1 is 0.800 bits per heavy atom. The molecule has 30 heavy (non-hydrogen) atoms. The Morgan fingerprint density at radius 2 is 1.30 bits per heavy atom. The third-order valence-corrected chi connectivity index (χ3v) is 6.94. The van der Waals surface area contributed by atoms with Gasteiger partial charge in [-0.2, -0.15) is 4.99 Å². The number of rotatable bonds is 4. The average Bonchev–Trinajstić information content (AvgIpc) is 2.74. The number of hydrogen-bond donors (Lipinski definition) is 0. The van der Waals surface area contributed by atoms with E-state index in [1.165, 1.54) is 38.5 Å². The first-order valence-electron chi connectivity index (χ1n) is 10.5. The SMILES string of the molecule is COc1ccc(-c2ccc(N=C=S)cc2)cc1.S=C=NC12CC3CC(CC(C3)C1)C2. The summed E-state index contributed by atoms with van der Waals surface area (Å²) in [5.74, 6) is 3.77. The minimum Gasteiger partial charge on any atom is -0.497 e. The molecule has 4 fully saturated rings. The zero-order chi connectivity index (χ0) is 21.0. The molecule has 5 heteroatoms. The summed E-state index contributed by atoms with van der Waals surface area (Å²) < 4.78 is 5.12. The summed E-state index contributed by atoms with van der Waals surface area (Å²) in [5.41, 5.74) is 3.35. The van der Waals surface area contributed by atoms with E-state index >= 15 is 0 Å².